The van der Waals surface area contributed by atoms with Crippen molar-refractivity contribution in [2.45, 2.75) is 48.2 Å². The highest BCUT2D eigenvalue weighted by Gasteiger charge is 2.55. The number of hydrogen-bond acceptors (Lipinski definition) is 4. The van der Waals surface area contributed by atoms with E-state index in [0.717, 1.165) is 47.1 Å². The molecule has 2 saturated carbocycles. The number of fused-ring (bicyclic) bond motifs is 6. The van der Waals surface area contributed by atoms with Gasteiger partial charge in [0.1, 0.15) is 12.4 Å². The monoisotopic (exact) mass is 534 g/mol. The first kappa shape index (κ1) is 23.8. The van der Waals surface area contributed by atoms with Crippen LogP contribution in [-0.2, 0) is 17.5 Å². The van der Waals surface area contributed by atoms with Gasteiger partial charge in [-0.1, -0.05) is 35.6 Å². The average Bonchev–Trinajstić information content (AvgIpc) is 3.52. The fourth-order valence-corrected chi connectivity index (χ4v) is 9.45. The van der Waals surface area contributed by atoms with E-state index in [-0.39, 0.29) is 28.8 Å². The molecular formula is C26H22F4N2O2S2. The number of thiazole rings is 1. The van der Waals surface area contributed by atoms with Crippen LogP contribution in [0, 0.1) is 23.6 Å². The smallest absolute Gasteiger partial charge is 0.324 e. The van der Waals surface area contributed by atoms with E-state index >= 15 is 0 Å². The van der Waals surface area contributed by atoms with Crippen molar-refractivity contribution in [3.63, 3.8) is 0 Å². The number of halogens is 4. The summed E-state index contributed by atoms with van der Waals surface area (Å²) in [7, 11) is 0. The highest BCUT2D eigenvalue weighted by atomic mass is 32.2. The highest BCUT2D eigenvalue weighted by Crippen LogP contribution is 2.64. The number of nitrogens with one attached hydrogen (secondary N) is 1. The van der Waals surface area contributed by atoms with E-state index in [4.69, 9.17) is 0 Å². The number of aromatic nitrogens is 1. The Morgan fingerprint density at radius 3 is 2.53 bits per heavy atom. The van der Waals surface area contributed by atoms with Crippen molar-refractivity contribution in [1.29, 1.82) is 0 Å². The van der Waals surface area contributed by atoms with E-state index < -0.39 is 17.6 Å². The average molecular weight is 535 g/mol. The number of carbonyl (C=O) groups is 1. The first-order valence-electron chi connectivity index (χ1n) is 11.8. The van der Waals surface area contributed by atoms with Crippen LogP contribution in [0.4, 0.5) is 23.2 Å². The van der Waals surface area contributed by atoms with Crippen LogP contribution >= 0.6 is 23.1 Å². The second-order valence-corrected chi connectivity index (χ2v) is 11.9. The fraction of sp³-hybridized carbons (Fsp3) is 0.385. The first-order valence-corrected chi connectivity index (χ1v) is 13.5. The third-order valence-corrected chi connectivity index (χ3v) is 10.6. The summed E-state index contributed by atoms with van der Waals surface area (Å²) in [6.07, 6.45) is -1.20. The van der Waals surface area contributed by atoms with E-state index in [1.165, 1.54) is 34.9 Å². The van der Waals surface area contributed by atoms with Gasteiger partial charge >= 0.3 is 11.0 Å². The molecule has 2 heterocycles. The standard InChI is InChI=1S/C26H22F4N2O2S2/c27-16-9-7-13(8-10-16)20-21-14-5-6-15(11-14)22(21)35-24-23(20)36-25(34)32(24)12-19(33)31-18-4-2-1-3-17(18)26(28,29)30/h1-4,7-10,14-15,20-22H,5-6,11-12H2,(H,31,33). The summed E-state index contributed by atoms with van der Waals surface area (Å²) in [5.74, 6) is 0.333. The number of alkyl halides is 3. The lowest BCUT2D eigenvalue weighted by Crippen LogP contribution is -2.35. The number of amides is 1. The molecule has 10 heteroatoms. The van der Waals surface area contributed by atoms with Gasteiger partial charge in [0, 0.05) is 16.0 Å². The molecule has 3 aromatic rings. The van der Waals surface area contributed by atoms with Crippen LogP contribution in [0.2, 0.25) is 0 Å². The number of thioether (sulfide) groups is 1. The van der Waals surface area contributed by atoms with Crippen molar-refractivity contribution in [1.82, 2.24) is 4.57 Å². The summed E-state index contributed by atoms with van der Waals surface area (Å²) in [4.78, 5) is 26.5. The van der Waals surface area contributed by atoms with Crippen LogP contribution in [0.3, 0.4) is 0 Å². The van der Waals surface area contributed by atoms with Crippen LogP contribution in [0.5, 0.6) is 0 Å². The van der Waals surface area contributed by atoms with Crippen molar-refractivity contribution in [2.24, 2.45) is 17.8 Å². The lowest BCUT2D eigenvalue weighted by atomic mass is 9.75. The zero-order chi connectivity index (χ0) is 25.2. The quantitative estimate of drug-likeness (QED) is 0.397. The van der Waals surface area contributed by atoms with E-state index in [9.17, 15) is 27.2 Å². The minimum absolute atomic E-state index is 0.0601. The Bertz CT molecular complexity index is 1380. The molecular weight excluding hydrogens is 512 g/mol. The molecule has 1 N–H and O–H groups in total. The van der Waals surface area contributed by atoms with Gasteiger partial charge in [0.05, 0.1) is 16.3 Å². The lowest BCUT2D eigenvalue weighted by Gasteiger charge is -2.40. The zero-order valence-electron chi connectivity index (χ0n) is 18.9. The van der Waals surface area contributed by atoms with Crippen LogP contribution in [0.25, 0.3) is 0 Å². The molecule has 6 rings (SSSR count). The Labute approximate surface area is 212 Å². The molecule has 2 aromatic carbocycles. The molecule has 0 saturated heterocycles. The number of anilines is 1. The summed E-state index contributed by atoms with van der Waals surface area (Å²) in [5.41, 5.74) is -0.316. The van der Waals surface area contributed by atoms with Crippen LogP contribution in [0.1, 0.15) is 41.2 Å². The molecule has 2 bridgehead atoms. The summed E-state index contributed by atoms with van der Waals surface area (Å²) >= 11 is 2.72. The maximum absolute atomic E-state index is 13.7. The number of carbonyl (C=O) groups excluding carboxylic acids is 1. The van der Waals surface area contributed by atoms with Crippen molar-refractivity contribution >= 4 is 34.7 Å². The van der Waals surface area contributed by atoms with E-state index in [0.29, 0.717) is 28.0 Å². The van der Waals surface area contributed by atoms with Gasteiger partial charge in [0.2, 0.25) is 5.91 Å². The molecule has 2 fully saturated rings. The lowest BCUT2D eigenvalue weighted by molar-refractivity contribution is -0.137. The Morgan fingerprint density at radius 2 is 1.78 bits per heavy atom. The topological polar surface area (TPSA) is 51.1 Å². The molecule has 5 atom stereocenters. The Hall–Kier alpha value is -2.59. The van der Waals surface area contributed by atoms with Gasteiger partial charge in [-0.25, -0.2) is 4.39 Å². The first-order chi connectivity index (χ1) is 17.2. The summed E-state index contributed by atoms with van der Waals surface area (Å²) in [6.45, 7) is -0.370. The predicted octanol–water partition coefficient (Wildman–Crippen LogP) is 6.36. The molecule has 0 radical (unpaired) electrons. The van der Waals surface area contributed by atoms with Gasteiger partial charge in [-0.2, -0.15) is 13.2 Å². The van der Waals surface area contributed by atoms with Crippen molar-refractivity contribution in [3.05, 3.63) is 80.0 Å². The number of nitrogens with zero attached hydrogens (tertiary/aromatic N) is 1. The predicted molar refractivity (Wildman–Crippen MR) is 131 cm³/mol. The maximum atomic E-state index is 13.7. The Balaban J connectivity index is 1.35. The normalized spacial score (nSPS) is 26.5. The second kappa shape index (κ2) is 8.76. The summed E-state index contributed by atoms with van der Waals surface area (Å²) in [5, 5.41) is 3.35. The van der Waals surface area contributed by atoms with Gasteiger partial charge < -0.3 is 5.32 Å². The van der Waals surface area contributed by atoms with Gasteiger partial charge in [0.15, 0.2) is 0 Å². The Kier molecular flexibility index (Phi) is 5.79. The number of benzene rings is 2. The minimum Gasteiger partial charge on any atom is -0.324 e. The highest BCUT2D eigenvalue weighted by molar-refractivity contribution is 8.00. The van der Waals surface area contributed by atoms with Gasteiger partial charge in [-0.05, 0) is 66.8 Å². The second-order valence-electron chi connectivity index (χ2n) is 9.74. The zero-order valence-corrected chi connectivity index (χ0v) is 20.6. The largest absolute Gasteiger partial charge is 0.418 e. The molecule has 1 amide bonds. The number of rotatable bonds is 4. The summed E-state index contributed by atoms with van der Waals surface area (Å²) < 4.78 is 55.2. The molecule has 5 unspecified atom stereocenters. The van der Waals surface area contributed by atoms with Crippen LogP contribution in [-0.4, -0.2) is 15.7 Å². The molecule has 4 nitrogen and oxygen atoms in total. The van der Waals surface area contributed by atoms with Crippen LogP contribution < -0.4 is 10.2 Å². The molecule has 1 aliphatic heterocycles. The third-order valence-electron chi connectivity index (χ3n) is 7.73. The van der Waals surface area contributed by atoms with Gasteiger partial charge in [0.25, 0.3) is 0 Å². The SMILES string of the molecule is O=C(Cn1c2c(sc1=O)C(c1ccc(F)cc1)C1C3CCC(C3)C1S2)Nc1ccccc1C(F)(F)F. The van der Waals surface area contributed by atoms with Gasteiger partial charge in [-0.15, -0.1) is 11.8 Å². The Morgan fingerprint density at radius 1 is 1.06 bits per heavy atom. The van der Waals surface area contributed by atoms with E-state index in [1.54, 1.807) is 23.9 Å². The minimum atomic E-state index is -4.61. The molecule has 2 aliphatic carbocycles. The third kappa shape index (κ3) is 3.98. The number of hydrogen-bond donors (Lipinski definition) is 1. The van der Waals surface area contributed by atoms with Crippen molar-refractivity contribution < 1.29 is 22.4 Å². The molecule has 36 heavy (non-hydrogen) atoms. The van der Waals surface area contributed by atoms with Crippen molar-refractivity contribution in [3.8, 4) is 0 Å². The van der Waals surface area contributed by atoms with Gasteiger partial charge in [-0.3, -0.25) is 14.2 Å². The summed E-state index contributed by atoms with van der Waals surface area (Å²) in [6, 6.07) is 11.2. The number of para-hydroxylation sites is 1. The maximum Gasteiger partial charge on any atom is 0.418 e. The molecule has 3 aliphatic rings. The van der Waals surface area contributed by atoms with E-state index in [2.05, 4.69) is 5.32 Å². The fourth-order valence-electron chi connectivity index (χ4n) is 6.30. The van der Waals surface area contributed by atoms with E-state index in [1.807, 2.05) is 0 Å². The van der Waals surface area contributed by atoms with Crippen LogP contribution in [0.15, 0.2) is 58.4 Å². The van der Waals surface area contributed by atoms with Crippen molar-refractivity contribution in [2.75, 3.05) is 5.32 Å². The molecule has 188 valence electrons. The molecule has 0 spiro atoms. The molecule has 1 aromatic heterocycles.